The van der Waals surface area contributed by atoms with Gasteiger partial charge in [0.1, 0.15) is 0 Å². The lowest BCUT2D eigenvalue weighted by Crippen LogP contribution is -2.61. The van der Waals surface area contributed by atoms with Crippen molar-refractivity contribution in [3.63, 3.8) is 0 Å². The van der Waals surface area contributed by atoms with Crippen LogP contribution in [0, 0.1) is 28.6 Å². The van der Waals surface area contributed by atoms with Crippen LogP contribution in [0.3, 0.4) is 0 Å². The Bertz CT molecular complexity index is 459. The van der Waals surface area contributed by atoms with E-state index in [0.29, 0.717) is 5.41 Å². The SMILES string of the molecule is C[C@]12CC[C@H]3[C@@H](CC[C@H]4N(CCCl)CCC[C@]34C)[C@@H]1CC[C@@H]2O.Cl. The van der Waals surface area contributed by atoms with E-state index in [1.165, 1.54) is 51.5 Å². The number of aliphatic hydroxyl groups excluding tert-OH is 1. The Kier molecular flexibility index (Phi) is 5.55. The molecule has 4 heteroatoms. The molecule has 4 aliphatic rings. The van der Waals surface area contributed by atoms with Gasteiger partial charge in [-0.3, -0.25) is 4.90 Å². The van der Waals surface area contributed by atoms with Crippen LogP contribution in [0.1, 0.15) is 65.2 Å². The maximum Gasteiger partial charge on any atom is 0.0596 e. The first kappa shape index (κ1) is 19.3. The van der Waals surface area contributed by atoms with E-state index in [1.54, 1.807) is 0 Å². The number of fused-ring (bicyclic) bond motifs is 5. The Morgan fingerprint density at radius 3 is 2.50 bits per heavy atom. The Balaban J connectivity index is 0.00000169. The number of rotatable bonds is 2. The summed E-state index contributed by atoms with van der Waals surface area (Å²) in [5, 5.41) is 10.6. The summed E-state index contributed by atoms with van der Waals surface area (Å²) in [4.78, 5) is 2.71. The number of hydrogen-bond acceptors (Lipinski definition) is 2. The molecule has 0 aromatic carbocycles. The number of aliphatic hydroxyl groups is 1. The van der Waals surface area contributed by atoms with Gasteiger partial charge >= 0.3 is 0 Å². The monoisotopic (exact) mass is 375 g/mol. The molecule has 0 aromatic heterocycles. The van der Waals surface area contributed by atoms with E-state index in [4.69, 9.17) is 11.6 Å². The Hall–Kier alpha value is 0.500. The third-order valence-corrected chi connectivity index (χ3v) is 8.91. The Morgan fingerprint density at radius 1 is 1.00 bits per heavy atom. The first-order valence-corrected chi connectivity index (χ1v) is 10.5. The molecule has 0 spiro atoms. The van der Waals surface area contributed by atoms with Crippen LogP contribution in [0.15, 0.2) is 0 Å². The summed E-state index contributed by atoms with van der Waals surface area (Å²) in [5.74, 6) is 3.29. The molecule has 0 aromatic rings. The second-order valence-electron chi connectivity index (χ2n) is 9.44. The molecule has 0 unspecified atom stereocenters. The number of halogens is 2. The van der Waals surface area contributed by atoms with Gasteiger partial charge in [0.25, 0.3) is 0 Å². The van der Waals surface area contributed by atoms with Crippen LogP contribution in [0.25, 0.3) is 0 Å². The molecule has 2 nitrogen and oxygen atoms in total. The molecule has 140 valence electrons. The molecule has 1 saturated heterocycles. The molecule has 1 aliphatic heterocycles. The third kappa shape index (κ3) is 2.66. The van der Waals surface area contributed by atoms with Gasteiger partial charge < -0.3 is 5.11 Å². The lowest BCUT2D eigenvalue weighted by atomic mass is 9.47. The zero-order valence-electron chi connectivity index (χ0n) is 15.3. The largest absolute Gasteiger partial charge is 0.393 e. The minimum absolute atomic E-state index is 0. The van der Waals surface area contributed by atoms with Crippen LogP contribution in [0.5, 0.6) is 0 Å². The molecule has 4 fully saturated rings. The van der Waals surface area contributed by atoms with Crippen LogP contribution < -0.4 is 0 Å². The fourth-order valence-electron chi connectivity index (χ4n) is 7.56. The number of hydrogen-bond donors (Lipinski definition) is 1. The van der Waals surface area contributed by atoms with Gasteiger partial charge in [-0.1, -0.05) is 13.8 Å². The first-order valence-electron chi connectivity index (χ1n) is 9.99. The van der Waals surface area contributed by atoms with Crippen molar-refractivity contribution in [3.8, 4) is 0 Å². The van der Waals surface area contributed by atoms with Gasteiger partial charge in [0.05, 0.1) is 6.10 Å². The van der Waals surface area contributed by atoms with E-state index in [9.17, 15) is 5.11 Å². The quantitative estimate of drug-likeness (QED) is 0.706. The first-order chi connectivity index (χ1) is 11.0. The highest BCUT2D eigenvalue weighted by Crippen LogP contribution is 2.64. The van der Waals surface area contributed by atoms with Crippen molar-refractivity contribution in [2.45, 2.75) is 77.4 Å². The summed E-state index contributed by atoms with van der Waals surface area (Å²) in [6, 6.07) is 0.756. The van der Waals surface area contributed by atoms with E-state index in [1.807, 2.05) is 0 Å². The van der Waals surface area contributed by atoms with E-state index in [-0.39, 0.29) is 23.9 Å². The normalized spacial score (nSPS) is 51.2. The number of likely N-dealkylation sites (tertiary alicyclic amines) is 1. The van der Waals surface area contributed by atoms with Crippen molar-refractivity contribution in [2.24, 2.45) is 28.6 Å². The van der Waals surface area contributed by atoms with E-state index >= 15 is 0 Å². The van der Waals surface area contributed by atoms with Crippen LogP contribution >= 0.6 is 24.0 Å². The third-order valence-electron chi connectivity index (χ3n) is 8.74. The second kappa shape index (κ2) is 6.91. The zero-order valence-corrected chi connectivity index (χ0v) is 16.9. The molecule has 0 amide bonds. The van der Waals surface area contributed by atoms with E-state index < -0.39 is 0 Å². The summed E-state index contributed by atoms with van der Waals surface area (Å²) < 4.78 is 0. The summed E-state index contributed by atoms with van der Waals surface area (Å²) in [6.45, 7) is 7.31. The van der Waals surface area contributed by atoms with Crippen molar-refractivity contribution >= 4 is 24.0 Å². The van der Waals surface area contributed by atoms with Crippen molar-refractivity contribution < 1.29 is 5.11 Å². The van der Waals surface area contributed by atoms with Gasteiger partial charge in [-0.05, 0) is 86.5 Å². The Morgan fingerprint density at radius 2 is 1.75 bits per heavy atom. The van der Waals surface area contributed by atoms with Gasteiger partial charge in [0, 0.05) is 18.5 Å². The maximum absolute atomic E-state index is 10.6. The smallest absolute Gasteiger partial charge is 0.0596 e. The van der Waals surface area contributed by atoms with Gasteiger partial charge in [-0.25, -0.2) is 0 Å². The lowest BCUT2D eigenvalue weighted by molar-refractivity contribution is -0.133. The minimum atomic E-state index is -0.0434. The molecular weight excluding hydrogens is 341 g/mol. The average molecular weight is 376 g/mol. The van der Waals surface area contributed by atoms with Crippen LogP contribution in [0.4, 0.5) is 0 Å². The maximum atomic E-state index is 10.6. The predicted molar refractivity (Wildman–Crippen MR) is 103 cm³/mol. The molecule has 3 aliphatic carbocycles. The van der Waals surface area contributed by atoms with Crippen LogP contribution in [-0.4, -0.2) is 41.1 Å². The van der Waals surface area contributed by atoms with Crippen LogP contribution in [-0.2, 0) is 0 Å². The van der Waals surface area contributed by atoms with Gasteiger partial charge in [0.2, 0.25) is 0 Å². The number of alkyl halides is 1. The molecule has 7 atom stereocenters. The Labute approximate surface area is 159 Å². The molecule has 1 heterocycles. The highest BCUT2D eigenvalue weighted by molar-refractivity contribution is 6.18. The van der Waals surface area contributed by atoms with E-state index in [0.717, 1.165) is 42.6 Å². The fraction of sp³-hybridized carbons (Fsp3) is 1.00. The number of nitrogens with zero attached hydrogens (tertiary/aromatic N) is 1. The molecule has 24 heavy (non-hydrogen) atoms. The average Bonchev–Trinajstić information content (AvgIpc) is 2.83. The van der Waals surface area contributed by atoms with Gasteiger partial charge in [-0.2, -0.15) is 0 Å². The van der Waals surface area contributed by atoms with Gasteiger partial charge in [0.15, 0.2) is 0 Å². The van der Waals surface area contributed by atoms with E-state index in [2.05, 4.69) is 18.7 Å². The highest BCUT2D eigenvalue weighted by atomic mass is 35.5. The number of piperidine rings is 1. The summed E-state index contributed by atoms with van der Waals surface area (Å²) in [7, 11) is 0. The summed E-state index contributed by atoms with van der Waals surface area (Å²) in [5.41, 5.74) is 0.705. The van der Waals surface area contributed by atoms with Crippen molar-refractivity contribution in [1.29, 1.82) is 0 Å². The summed E-state index contributed by atoms with van der Waals surface area (Å²) in [6.07, 6.45) is 10.4. The molecule has 4 rings (SSSR count). The second-order valence-corrected chi connectivity index (χ2v) is 9.82. The van der Waals surface area contributed by atoms with Gasteiger partial charge in [-0.15, -0.1) is 24.0 Å². The standard InChI is InChI=1S/C20H34ClNO.ClH/c1-19-9-3-12-22(13-11-21)17(19)6-4-14-15-5-7-18(23)20(15,2)10-8-16(14)19;/h14-18,23H,3-13H2,1-2H3;1H/t14-,15-,16-,17+,18-,19+,20-;/m0./s1. The molecule has 3 saturated carbocycles. The molecule has 0 bridgehead atoms. The molecule has 0 radical (unpaired) electrons. The topological polar surface area (TPSA) is 23.5 Å². The molecular formula is C20H35Cl2NO. The fourth-order valence-corrected chi connectivity index (χ4v) is 7.77. The predicted octanol–water partition coefficient (Wildman–Crippen LogP) is 4.71. The van der Waals surface area contributed by atoms with Crippen molar-refractivity contribution in [1.82, 2.24) is 4.90 Å². The summed E-state index contributed by atoms with van der Waals surface area (Å²) >= 11 is 6.09. The highest BCUT2D eigenvalue weighted by Gasteiger charge is 2.60. The lowest BCUT2D eigenvalue weighted by Gasteiger charge is -2.62. The zero-order chi connectivity index (χ0) is 16.2. The van der Waals surface area contributed by atoms with Crippen molar-refractivity contribution in [3.05, 3.63) is 0 Å². The molecule has 1 N–H and O–H groups in total. The van der Waals surface area contributed by atoms with Crippen LogP contribution in [0.2, 0.25) is 0 Å². The van der Waals surface area contributed by atoms with Crippen molar-refractivity contribution in [2.75, 3.05) is 19.0 Å². The minimum Gasteiger partial charge on any atom is -0.393 e.